The Kier molecular flexibility index (Phi) is 8.42. The van der Waals surface area contributed by atoms with E-state index in [0.717, 1.165) is 42.7 Å². The van der Waals surface area contributed by atoms with Crippen LogP contribution in [0.15, 0.2) is 60.3 Å². The Morgan fingerprint density at radius 1 is 1.23 bits per heavy atom. The first kappa shape index (κ1) is 27.5. The van der Waals surface area contributed by atoms with Crippen LogP contribution in [0.5, 0.6) is 5.75 Å². The summed E-state index contributed by atoms with van der Waals surface area (Å²) in [6.07, 6.45) is 6.61. The van der Waals surface area contributed by atoms with Crippen molar-refractivity contribution in [1.82, 2.24) is 4.57 Å². The number of anilines is 1. The quantitative estimate of drug-likeness (QED) is 0.335. The molecule has 39 heavy (non-hydrogen) atoms. The van der Waals surface area contributed by atoms with Crippen LogP contribution in [-0.2, 0) is 9.53 Å². The number of fused-ring (bicyclic) bond motifs is 1. The molecule has 0 radical (unpaired) electrons. The van der Waals surface area contributed by atoms with Gasteiger partial charge in [0, 0.05) is 30.8 Å². The highest BCUT2D eigenvalue weighted by Gasteiger charge is 2.35. The van der Waals surface area contributed by atoms with Gasteiger partial charge < -0.3 is 18.8 Å². The van der Waals surface area contributed by atoms with Gasteiger partial charge in [0.15, 0.2) is 4.80 Å². The number of thiazole rings is 1. The molecule has 0 bridgehead atoms. The first-order chi connectivity index (χ1) is 19.0. The average molecular weight is 615 g/mol. The van der Waals surface area contributed by atoms with Crippen LogP contribution in [0.2, 0.25) is 0 Å². The Balaban J connectivity index is 1.69. The third-order valence-electron chi connectivity index (χ3n) is 6.93. The minimum Gasteiger partial charge on any atom is -0.496 e. The Morgan fingerprint density at radius 3 is 2.72 bits per heavy atom. The van der Waals surface area contributed by atoms with E-state index in [9.17, 15) is 9.59 Å². The molecule has 1 fully saturated rings. The zero-order chi connectivity index (χ0) is 27.5. The molecule has 0 saturated carbocycles. The number of ether oxygens (including phenoxy) is 2. The number of methoxy groups -OCH3 is 1. The monoisotopic (exact) mass is 613 g/mol. The second-order valence-electron chi connectivity index (χ2n) is 9.51. The first-order valence-corrected chi connectivity index (χ1v) is 15.0. The minimum atomic E-state index is -0.729. The van der Waals surface area contributed by atoms with Crippen LogP contribution in [-0.4, -0.2) is 37.3 Å². The predicted molar refractivity (Wildman–Crippen MR) is 155 cm³/mol. The zero-order valence-corrected chi connectivity index (χ0v) is 24.8. The average Bonchev–Trinajstić information content (AvgIpc) is 3.47. The molecule has 0 spiro atoms. The van der Waals surface area contributed by atoms with E-state index in [1.165, 1.54) is 17.8 Å². The van der Waals surface area contributed by atoms with E-state index in [-0.39, 0.29) is 12.2 Å². The van der Waals surface area contributed by atoms with Crippen molar-refractivity contribution >= 4 is 45.2 Å². The number of furan rings is 1. The summed E-state index contributed by atoms with van der Waals surface area (Å²) in [5.41, 5.74) is 1.45. The topological polar surface area (TPSA) is 86.3 Å². The van der Waals surface area contributed by atoms with E-state index in [1.807, 2.05) is 37.3 Å². The molecule has 0 aliphatic carbocycles. The van der Waals surface area contributed by atoms with Crippen LogP contribution in [0.4, 0.5) is 5.88 Å². The fraction of sp³-hybridized carbons (Fsp3) is 0.414. The SMILES string of the molecule is CCCC1=C(C(=O)OCC)[C@@H](c2ccccc2OC)n2c(s/c(=C/c3cc(Br)c(N4CCCCC4)o3)c2=O)=N1. The zero-order valence-electron chi connectivity index (χ0n) is 22.4. The van der Waals surface area contributed by atoms with E-state index in [2.05, 4.69) is 20.8 Å². The highest BCUT2D eigenvalue weighted by Crippen LogP contribution is 2.37. The standard InChI is InChI=1S/C29H32BrN3O5S/c1-4-11-21-24(28(35)37-5-2)25(19-12-7-8-13-22(19)36-3)33-26(34)23(39-29(33)31-21)17-18-16-20(30)27(38-18)32-14-9-6-10-15-32/h7-8,12-13,16-17,25H,4-6,9-11,14-15H2,1-3H3/b23-17+/t25-/m1/s1. The number of rotatable bonds is 8. The number of para-hydroxylation sites is 1. The molecule has 4 heterocycles. The Morgan fingerprint density at radius 2 is 2.00 bits per heavy atom. The largest absolute Gasteiger partial charge is 0.496 e. The molecule has 8 nitrogen and oxygen atoms in total. The third-order valence-corrected chi connectivity index (χ3v) is 8.48. The molecule has 2 aliphatic rings. The number of hydrogen-bond donors (Lipinski definition) is 0. The second kappa shape index (κ2) is 12.0. The lowest BCUT2D eigenvalue weighted by atomic mass is 9.93. The van der Waals surface area contributed by atoms with Crippen LogP contribution < -0.4 is 24.5 Å². The molecule has 206 valence electrons. The van der Waals surface area contributed by atoms with Crippen molar-refractivity contribution in [3.8, 4) is 5.75 Å². The predicted octanol–water partition coefficient (Wildman–Crippen LogP) is 4.93. The number of esters is 1. The number of carbonyl (C=O) groups is 1. The van der Waals surface area contributed by atoms with Crippen molar-refractivity contribution in [1.29, 1.82) is 0 Å². The first-order valence-electron chi connectivity index (χ1n) is 13.4. The second-order valence-corrected chi connectivity index (χ2v) is 11.4. The van der Waals surface area contributed by atoms with Gasteiger partial charge in [-0.15, -0.1) is 0 Å². The van der Waals surface area contributed by atoms with Gasteiger partial charge in [0.1, 0.15) is 17.6 Å². The van der Waals surface area contributed by atoms with E-state index in [4.69, 9.17) is 18.9 Å². The fourth-order valence-corrected chi connectivity index (χ4v) is 6.75. The third kappa shape index (κ3) is 5.36. The molecule has 0 amide bonds. The summed E-state index contributed by atoms with van der Waals surface area (Å²) < 4.78 is 20.3. The highest BCUT2D eigenvalue weighted by molar-refractivity contribution is 9.10. The van der Waals surface area contributed by atoms with Gasteiger partial charge >= 0.3 is 5.97 Å². The number of carbonyl (C=O) groups excluding carboxylic acids is 1. The van der Waals surface area contributed by atoms with Gasteiger partial charge in [-0.3, -0.25) is 9.36 Å². The van der Waals surface area contributed by atoms with Crippen LogP contribution >= 0.6 is 27.3 Å². The van der Waals surface area contributed by atoms with E-state index >= 15 is 0 Å². The van der Waals surface area contributed by atoms with Crippen molar-refractivity contribution in [2.24, 2.45) is 4.99 Å². The minimum absolute atomic E-state index is 0.220. The summed E-state index contributed by atoms with van der Waals surface area (Å²) in [4.78, 5) is 34.9. The molecule has 10 heteroatoms. The summed E-state index contributed by atoms with van der Waals surface area (Å²) in [6, 6.07) is 8.61. The molecular formula is C29H32BrN3O5S. The van der Waals surface area contributed by atoms with Crippen molar-refractivity contribution in [2.75, 3.05) is 31.7 Å². The van der Waals surface area contributed by atoms with Crippen molar-refractivity contribution in [2.45, 2.75) is 52.0 Å². The molecule has 1 atom stereocenters. The van der Waals surface area contributed by atoms with Gasteiger partial charge in [0.2, 0.25) is 5.88 Å². The molecular weight excluding hydrogens is 582 g/mol. The summed E-state index contributed by atoms with van der Waals surface area (Å²) in [6.45, 7) is 5.92. The molecule has 2 aliphatic heterocycles. The van der Waals surface area contributed by atoms with Gasteiger partial charge in [0.05, 0.1) is 34.0 Å². The maximum Gasteiger partial charge on any atom is 0.338 e. The van der Waals surface area contributed by atoms with Crippen molar-refractivity contribution in [3.63, 3.8) is 0 Å². The van der Waals surface area contributed by atoms with Crippen LogP contribution in [0, 0.1) is 0 Å². The number of nitrogens with zero attached hydrogens (tertiary/aromatic N) is 3. The lowest BCUT2D eigenvalue weighted by Gasteiger charge is -2.26. The lowest BCUT2D eigenvalue weighted by Crippen LogP contribution is -2.40. The van der Waals surface area contributed by atoms with Crippen LogP contribution in [0.3, 0.4) is 0 Å². The number of allylic oxidation sites excluding steroid dienone is 1. The van der Waals surface area contributed by atoms with Crippen molar-refractivity contribution in [3.05, 3.63) is 77.1 Å². The van der Waals surface area contributed by atoms with E-state index in [1.54, 1.807) is 24.7 Å². The van der Waals surface area contributed by atoms with E-state index < -0.39 is 12.0 Å². The van der Waals surface area contributed by atoms with Gasteiger partial charge in [-0.1, -0.05) is 42.9 Å². The number of hydrogen-bond acceptors (Lipinski definition) is 8. The summed E-state index contributed by atoms with van der Waals surface area (Å²) in [5, 5.41) is 0. The molecule has 1 aromatic carbocycles. The molecule has 5 rings (SSSR count). The summed E-state index contributed by atoms with van der Waals surface area (Å²) in [5.74, 6) is 1.48. The maximum atomic E-state index is 14.0. The number of benzene rings is 1. The number of halogens is 1. The maximum absolute atomic E-state index is 14.0. The Hall–Kier alpha value is -3.11. The normalized spacial score (nSPS) is 17.7. The van der Waals surface area contributed by atoms with Crippen molar-refractivity contribution < 1.29 is 18.7 Å². The summed E-state index contributed by atoms with van der Waals surface area (Å²) >= 11 is 4.92. The van der Waals surface area contributed by atoms with Crippen LogP contribution in [0.25, 0.3) is 6.08 Å². The van der Waals surface area contributed by atoms with Gasteiger partial charge in [0.25, 0.3) is 5.56 Å². The van der Waals surface area contributed by atoms with Gasteiger partial charge in [-0.05, 0) is 54.6 Å². The molecule has 1 saturated heterocycles. The molecule has 3 aromatic rings. The summed E-state index contributed by atoms with van der Waals surface area (Å²) in [7, 11) is 1.58. The lowest BCUT2D eigenvalue weighted by molar-refractivity contribution is -0.139. The smallest absolute Gasteiger partial charge is 0.338 e. The molecule has 0 N–H and O–H groups in total. The molecule has 2 aromatic heterocycles. The molecule has 0 unspecified atom stereocenters. The van der Waals surface area contributed by atoms with Gasteiger partial charge in [-0.2, -0.15) is 0 Å². The number of piperidine rings is 1. The Bertz CT molecular complexity index is 1580. The van der Waals surface area contributed by atoms with E-state index in [0.29, 0.717) is 44.1 Å². The fourth-order valence-electron chi connectivity index (χ4n) is 5.20. The Labute approximate surface area is 239 Å². The highest BCUT2D eigenvalue weighted by atomic mass is 79.9. The number of aromatic nitrogens is 1. The van der Waals surface area contributed by atoms with Crippen LogP contribution in [0.1, 0.15) is 63.3 Å². The van der Waals surface area contributed by atoms with Gasteiger partial charge in [-0.25, -0.2) is 9.79 Å².